The van der Waals surface area contributed by atoms with Crippen molar-refractivity contribution in [1.29, 1.82) is 0 Å². The van der Waals surface area contributed by atoms with Crippen molar-refractivity contribution in [2.45, 2.75) is 45.2 Å². The highest BCUT2D eigenvalue weighted by Crippen LogP contribution is 2.22. The summed E-state index contributed by atoms with van der Waals surface area (Å²) < 4.78 is 0. The topological polar surface area (TPSA) is 52.6 Å². The molecule has 21 heavy (non-hydrogen) atoms. The minimum absolute atomic E-state index is 0.0169. The van der Waals surface area contributed by atoms with Crippen molar-refractivity contribution >= 4 is 5.91 Å². The number of rotatable bonds is 8. The lowest BCUT2D eigenvalue weighted by Crippen LogP contribution is -2.47. The molecule has 0 aliphatic carbocycles. The van der Waals surface area contributed by atoms with Gasteiger partial charge in [-0.25, -0.2) is 0 Å². The number of amides is 1. The largest absolute Gasteiger partial charge is 0.396 e. The molecule has 1 aromatic carbocycles. The quantitative estimate of drug-likeness (QED) is 0.773. The van der Waals surface area contributed by atoms with Gasteiger partial charge < -0.3 is 10.4 Å². The van der Waals surface area contributed by atoms with E-state index in [0.29, 0.717) is 13.0 Å². The third-order valence-corrected chi connectivity index (χ3v) is 3.87. The number of nitrogens with zero attached hydrogens (tertiary/aromatic N) is 1. The van der Waals surface area contributed by atoms with Crippen LogP contribution in [0.3, 0.4) is 0 Å². The van der Waals surface area contributed by atoms with Crippen LogP contribution in [0.15, 0.2) is 30.3 Å². The van der Waals surface area contributed by atoms with Gasteiger partial charge in [0.1, 0.15) is 0 Å². The molecule has 0 saturated carbocycles. The van der Waals surface area contributed by atoms with E-state index in [1.165, 1.54) is 0 Å². The van der Waals surface area contributed by atoms with Gasteiger partial charge in [-0.05, 0) is 39.3 Å². The fraction of sp³-hybridized carbons (Fsp3) is 0.588. The monoisotopic (exact) mass is 292 g/mol. The Labute approximate surface area is 128 Å². The van der Waals surface area contributed by atoms with Crippen LogP contribution in [-0.2, 0) is 4.79 Å². The van der Waals surface area contributed by atoms with E-state index in [2.05, 4.69) is 12.2 Å². The summed E-state index contributed by atoms with van der Waals surface area (Å²) in [6.07, 6.45) is 1.51. The minimum atomic E-state index is -0.183. The van der Waals surface area contributed by atoms with Gasteiger partial charge in [-0.1, -0.05) is 37.3 Å². The van der Waals surface area contributed by atoms with Gasteiger partial charge in [0.2, 0.25) is 5.91 Å². The van der Waals surface area contributed by atoms with Crippen molar-refractivity contribution in [2.24, 2.45) is 0 Å². The van der Waals surface area contributed by atoms with Gasteiger partial charge in [-0.3, -0.25) is 9.69 Å². The van der Waals surface area contributed by atoms with Gasteiger partial charge in [-0.15, -0.1) is 0 Å². The first-order valence-corrected chi connectivity index (χ1v) is 7.56. The fourth-order valence-corrected chi connectivity index (χ4v) is 2.28. The predicted molar refractivity (Wildman–Crippen MR) is 86.0 cm³/mol. The number of carbonyl (C=O) groups excluding carboxylic acids is 1. The molecule has 4 nitrogen and oxygen atoms in total. The van der Waals surface area contributed by atoms with Crippen molar-refractivity contribution in [1.82, 2.24) is 10.2 Å². The normalized spacial score (nSPS) is 13.2. The Balaban J connectivity index is 2.70. The van der Waals surface area contributed by atoms with E-state index < -0.39 is 0 Å². The minimum Gasteiger partial charge on any atom is -0.396 e. The molecule has 0 fully saturated rings. The SMILES string of the molecule is CCC(C)(C)NC(=O)CN(C)C(CCO)c1ccccc1. The van der Waals surface area contributed by atoms with E-state index >= 15 is 0 Å². The van der Waals surface area contributed by atoms with E-state index in [-0.39, 0.29) is 24.1 Å². The van der Waals surface area contributed by atoms with E-state index in [4.69, 9.17) is 0 Å². The van der Waals surface area contributed by atoms with Gasteiger partial charge in [0.05, 0.1) is 6.54 Å². The second-order valence-corrected chi connectivity index (χ2v) is 6.14. The Morgan fingerprint density at radius 3 is 2.48 bits per heavy atom. The van der Waals surface area contributed by atoms with E-state index in [9.17, 15) is 9.90 Å². The second kappa shape index (κ2) is 8.15. The first-order valence-electron chi connectivity index (χ1n) is 7.56. The van der Waals surface area contributed by atoms with Crippen molar-refractivity contribution in [3.8, 4) is 0 Å². The highest BCUT2D eigenvalue weighted by atomic mass is 16.3. The molecule has 1 aromatic rings. The summed E-state index contributed by atoms with van der Waals surface area (Å²) in [4.78, 5) is 14.1. The standard InChI is InChI=1S/C17H28N2O2/c1-5-17(2,3)18-16(21)13-19(4)15(11-12-20)14-9-7-6-8-10-14/h6-10,15,20H,5,11-13H2,1-4H3,(H,18,21). The maximum absolute atomic E-state index is 12.2. The van der Waals surface area contributed by atoms with Gasteiger partial charge in [-0.2, -0.15) is 0 Å². The van der Waals surface area contributed by atoms with Crippen LogP contribution in [0.5, 0.6) is 0 Å². The smallest absolute Gasteiger partial charge is 0.234 e. The molecule has 118 valence electrons. The molecular formula is C17H28N2O2. The lowest BCUT2D eigenvalue weighted by molar-refractivity contribution is -0.124. The molecule has 2 N–H and O–H groups in total. The molecule has 4 heteroatoms. The summed E-state index contributed by atoms with van der Waals surface area (Å²) in [5.41, 5.74) is 0.938. The number of benzene rings is 1. The molecule has 0 aliphatic rings. The van der Waals surface area contributed by atoms with Crippen LogP contribution in [0, 0.1) is 0 Å². The van der Waals surface area contributed by atoms with E-state index in [0.717, 1.165) is 12.0 Å². The van der Waals surface area contributed by atoms with Crippen molar-refractivity contribution < 1.29 is 9.90 Å². The number of hydrogen-bond donors (Lipinski definition) is 2. The molecule has 0 radical (unpaired) electrons. The van der Waals surface area contributed by atoms with E-state index in [1.807, 2.05) is 56.1 Å². The summed E-state index contributed by atoms with van der Waals surface area (Å²) in [6, 6.07) is 10.0. The zero-order valence-corrected chi connectivity index (χ0v) is 13.6. The summed E-state index contributed by atoms with van der Waals surface area (Å²) in [5, 5.41) is 12.3. The highest BCUT2D eigenvalue weighted by molar-refractivity contribution is 5.78. The van der Waals surface area contributed by atoms with Crippen molar-refractivity contribution in [2.75, 3.05) is 20.2 Å². The molecule has 0 aliphatic heterocycles. The maximum atomic E-state index is 12.2. The van der Waals surface area contributed by atoms with Crippen LogP contribution < -0.4 is 5.32 Å². The molecule has 1 rings (SSSR count). The number of likely N-dealkylation sites (N-methyl/N-ethyl adjacent to an activating group) is 1. The van der Waals surface area contributed by atoms with Crippen LogP contribution in [0.25, 0.3) is 0 Å². The fourth-order valence-electron chi connectivity index (χ4n) is 2.28. The predicted octanol–water partition coefficient (Wildman–Crippen LogP) is 2.35. The number of aliphatic hydroxyl groups is 1. The number of carbonyl (C=O) groups is 1. The third kappa shape index (κ3) is 5.86. The highest BCUT2D eigenvalue weighted by Gasteiger charge is 2.22. The molecule has 0 spiro atoms. The van der Waals surface area contributed by atoms with E-state index in [1.54, 1.807) is 0 Å². The molecular weight excluding hydrogens is 264 g/mol. The molecule has 0 heterocycles. The van der Waals surface area contributed by atoms with Crippen LogP contribution >= 0.6 is 0 Å². The van der Waals surface area contributed by atoms with Crippen LogP contribution in [-0.4, -0.2) is 41.7 Å². The molecule has 0 bridgehead atoms. The van der Waals surface area contributed by atoms with Crippen LogP contribution in [0.4, 0.5) is 0 Å². The van der Waals surface area contributed by atoms with Crippen molar-refractivity contribution in [3.63, 3.8) is 0 Å². The van der Waals surface area contributed by atoms with Gasteiger partial charge >= 0.3 is 0 Å². The average molecular weight is 292 g/mol. The molecule has 1 unspecified atom stereocenters. The third-order valence-electron chi connectivity index (χ3n) is 3.87. The number of nitrogens with one attached hydrogen (secondary N) is 1. The van der Waals surface area contributed by atoms with Crippen molar-refractivity contribution in [3.05, 3.63) is 35.9 Å². The second-order valence-electron chi connectivity index (χ2n) is 6.14. The Hall–Kier alpha value is -1.39. The summed E-state index contributed by atoms with van der Waals surface area (Å²) in [6.45, 7) is 6.53. The summed E-state index contributed by atoms with van der Waals surface area (Å²) in [7, 11) is 1.92. The Bertz CT molecular complexity index is 432. The lowest BCUT2D eigenvalue weighted by Gasteiger charge is -2.30. The number of aliphatic hydroxyl groups excluding tert-OH is 1. The molecule has 1 amide bonds. The zero-order chi connectivity index (χ0) is 15.9. The molecule has 1 atom stereocenters. The maximum Gasteiger partial charge on any atom is 0.234 e. The van der Waals surface area contributed by atoms with Crippen LogP contribution in [0.2, 0.25) is 0 Å². The summed E-state index contributed by atoms with van der Waals surface area (Å²) in [5.74, 6) is 0.0169. The summed E-state index contributed by atoms with van der Waals surface area (Å²) >= 11 is 0. The Morgan fingerprint density at radius 1 is 1.33 bits per heavy atom. The van der Waals surface area contributed by atoms with Crippen LogP contribution in [0.1, 0.15) is 45.2 Å². The van der Waals surface area contributed by atoms with Gasteiger partial charge in [0.15, 0.2) is 0 Å². The number of hydrogen-bond acceptors (Lipinski definition) is 3. The lowest BCUT2D eigenvalue weighted by atomic mass is 10.0. The van der Waals surface area contributed by atoms with Gasteiger partial charge in [0, 0.05) is 18.2 Å². The molecule has 0 aromatic heterocycles. The Morgan fingerprint density at radius 2 is 1.95 bits per heavy atom. The Kier molecular flexibility index (Phi) is 6.85. The zero-order valence-electron chi connectivity index (χ0n) is 13.6. The average Bonchev–Trinajstić information content (AvgIpc) is 2.44. The first-order chi connectivity index (χ1) is 9.89. The van der Waals surface area contributed by atoms with Gasteiger partial charge in [0.25, 0.3) is 0 Å². The molecule has 0 saturated heterocycles. The first kappa shape index (κ1) is 17.7.